The molecule has 1 heterocycles. The first kappa shape index (κ1) is 28.6. The number of aliphatic hydroxyl groups is 1. The largest absolute Gasteiger partial charge is 0.494 e. The maximum Gasteiger partial charge on any atom is 0.165 e. The maximum absolute atomic E-state index is 11.4. The monoisotopic (exact) mass is 566 g/mol. The number of hydrogen-bond acceptors (Lipinski definition) is 7. The topological polar surface area (TPSA) is 91.3 Å². The number of benzene rings is 3. The third-order valence-electron chi connectivity index (χ3n) is 7.61. The Kier molecular flexibility index (Phi) is 8.52. The lowest BCUT2D eigenvalue weighted by atomic mass is 9.95. The molecule has 3 aromatic carbocycles. The van der Waals surface area contributed by atoms with Gasteiger partial charge >= 0.3 is 0 Å². The van der Waals surface area contributed by atoms with Crippen LogP contribution in [0.3, 0.4) is 0 Å². The SMILES string of the molecule is CCOC(C)(O)[C@H]1C[C@@H]1c1ccc(OCc2ccc3c(c2)-c2ccc(OCCCS(C)(=O)=O)cc2COC3)cc1. The average molecular weight is 567 g/mol. The molecule has 2 aliphatic rings. The van der Waals surface area contributed by atoms with Gasteiger partial charge in [0.2, 0.25) is 0 Å². The van der Waals surface area contributed by atoms with Crippen molar-refractivity contribution in [3.8, 4) is 22.6 Å². The molecule has 3 atom stereocenters. The highest BCUT2D eigenvalue weighted by Crippen LogP contribution is 2.53. The van der Waals surface area contributed by atoms with E-state index >= 15 is 0 Å². The number of hydrogen-bond donors (Lipinski definition) is 1. The van der Waals surface area contributed by atoms with Crippen molar-refractivity contribution in [2.75, 3.05) is 25.2 Å². The third kappa shape index (κ3) is 7.04. The number of sulfone groups is 1. The summed E-state index contributed by atoms with van der Waals surface area (Å²) >= 11 is 0. The average Bonchev–Trinajstić information content (AvgIpc) is 3.74. The molecule has 0 saturated heterocycles. The molecule has 1 saturated carbocycles. The molecule has 0 amide bonds. The van der Waals surface area contributed by atoms with E-state index in [4.69, 9.17) is 18.9 Å². The van der Waals surface area contributed by atoms with Crippen LogP contribution in [-0.4, -0.2) is 44.5 Å². The molecule has 7 nitrogen and oxygen atoms in total. The first-order chi connectivity index (χ1) is 19.1. The predicted molar refractivity (Wildman–Crippen MR) is 154 cm³/mol. The summed E-state index contributed by atoms with van der Waals surface area (Å²) in [5, 5.41) is 10.5. The van der Waals surface area contributed by atoms with Crippen LogP contribution < -0.4 is 9.47 Å². The van der Waals surface area contributed by atoms with E-state index in [-0.39, 0.29) is 11.7 Å². The third-order valence-corrected chi connectivity index (χ3v) is 8.64. The molecular weight excluding hydrogens is 528 g/mol. The summed E-state index contributed by atoms with van der Waals surface area (Å²) < 4.78 is 46.1. The minimum Gasteiger partial charge on any atom is -0.494 e. The van der Waals surface area contributed by atoms with Crippen LogP contribution in [0.1, 0.15) is 54.9 Å². The van der Waals surface area contributed by atoms with Gasteiger partial charge in [-0.05, 0) is 96.3 Å². The van der Waals surface area contributed by atoms with Gasteiger partial charge in [-0.15, -0.1) is 0 Å². The van der Waals surface area contributed by atoms with Gasteiger partial charge in [-0.3, -0.25) is 0 Å². The van der Waals surface area contributed by atoms with Crippen molar-refractivity contribution in [1.82, 2.24) is 0 Å². The van der Waals surface area contributed by atoms with E-state index in [1.807, 2.05) is 37.3 Å². The summed E-state index contributed by atoms with van der Waals surface area (Å²) in [6.07, 6.45) is 2.61. The van der Waals surface area contributed by atoms with E-state index in [0.717, 1.165) is 40.0 Å². The summed E-state index contributed by atoms with van der Waals surface area (Å²) in [6.45, 7) is 5.93. The molecule has 0 bridgehead atoms. The molecule has 1 unspecified atom stereocenters. The van der Waals surface area contributed by atoms with Gasteiger partial charge in [0.25, 0.3) is 0 Å². The number of rotatable bonds is 12. The number of ether oxygens (including phenoxy) is 4. The first-order valence-electron chi connectivity index (χ1n) is 13.9. The zero-order valence-electron chi connectivity index (χ0n) is 23.4. The van der Waals surface area contributed by atoms with Crippen LogP contribution in [0.15, 0.2) is 60.7 Å². The van der Waals surface area contributed by atoms with Gasteiger partial charge in [0.1, 0.15) is 27.9 Å². The fourth-order valence-electron chi connectivity index (χ4n) is 5.45. The summed E-state index contributed by atoms with van der Waals surface area (Å²) in [6, 6.07) is 20.4. The Balaban J connectivity index is 1.22. The molecule has 40 heavy (non-hydrogen) atoms. The van der Waals surface area contributed by atoms with Crippen molar-refractivity contribution >= 4 is 9.84 Å². The predicted octanol–water partition coefficient (Wildman–Crippen LogP) is 5.62. The minimum atomic E-state index is -2.99. The van der Waals surface area contributed by atoms with Crippen molar-refractivity contribution in [1.29, 1.82) is 0 Å². The van der Waals surface area contributed by atoms with Crippen LogP contribution in [0.2, 0.25) is 0 Å². The highest BCUT2D eigenvalue weighted by molar-refractivity contribution is 7.90. The van der Waals surface area contributed by atoms with Crippen molar-refractivity contribution < 1.29 is 32.5 Å². The van der Waals surface area contributed by atoms with E-state index in [1.54, 1.807) is 6.92 Å². The molecule has 1 aliphatic carbocycles. The second-order valence-electron chi connectivity index (χ2n) is 10.9. The Morgan fingerprint density at radius 2 is 1.70 bits per heavy atom. The zero-order chi connectivity index (χ0) is 28.3. The maximum atomic E-state index is 11.4. The quantitative estimate of drug-likeness (QED) is 0.225. The summed E-state index contributed by atoms with van der Waals surface area (Å²) in [4.78, 5) is 0. The van der Waals surface area contributed by atoms with Crippen molar-refractivity contribution in [2.45, 2.75) is 58.2 Å². The van der Waals surface area contributed by atoms with Gasteiger partial charge in [0.15, 0.2) is 5.79 Å². The summed E-state index contributed by atoms with van der Waals surface area (Å²) in [5.41, 5.74) is 6.63. The summed E-state index contributed by atoms with van der Waals surface area (Å²) in [7, 11) is -2.99. The van der Waals surface area contributed by atoms with Crippen LogP contribution in [-0.2, 0) is 39.1 Å². The molecule has 1 N–H and O–H groups in total. The van der Waals surface area contributed by atoms with E-state index < -0.39 is 15.6 Å². The normalized spacial score (nSPS) is 19.6. The van der Waals surface area contributed by atoms with Crippen LogP contribution >= 0.6 is 0 Å². The van der Waals surface area contributed by atoms with Gasteiger partial charge in [0, 0.05) is 18.8 Å². The molecule has 5 rings (SSSR count). The Morgan fingerprint density at radius 3 is 2.45 bits per heavy atom. The molecule has 0 spiro atoms. The van der Waals surface area contributed by atoms with Crippen molar-refractivity contribution in [3.05, 3.63) is 82.9 Å². The van der Waals surface area contributed by atoms with E-state index in [2.05, 4.69) is 30.3 Å². The van der Waals surface area contributed by atoms with E-state index in [0.29, 0.717) is 51.1 Å². The van der Waals surface area contributed by atoms with Crippen molar-refractivity contribution in [3.63, 3.8) is 0 Å². The highest BCUT2D eigenvalue weighted by atomic mass is 32.2. The lowest BCUT2D eigenvalue weighted by Crippen LogP contribution is -2.31. The second-order valence-corrected chi connectivity index (χ2v) is 13.2. The fraction of sp³-hybridized carbons (Fsp3) is 0.438. The molecule has 8 heteroatoms. The van der Waals surface area contributed by atoms with Gasteiger partial charge in [-0.1, -0.05) is 30.3 Å². The van der Waals surface area contributed by atoms with Crippen LogP contribution in [0.5, 0.6) is 11.5 Å². The van der Waals surface area contributed by atoms with Crippen molar-refractivity contribution in [2.24, 2.45) is 5.92 Å². The molecule has 0 radical (unpaired) electrons. The van der Waals surface area contributed by atoms with Crippen LogP contribution in [0, 0.1) is 5.92 Å². The van der Waals surface area contributed by atoms with Gasteiger partial charge in [-0.25, -0.2) is 8.42 Å². The van der Waals surface area contributed by atoms with Gasteiger partial charge in [0.05, 0.1) is 25.6 Å². The van der Waals surface area contributed by atoms with E-state index in [1.165, 1.54) is 11.8 Å². The number of fused-ring (bicyclic) bond motifs is 3. The van der Waals surface area contributed by atoms with E-state index in [9.17, 15) is 13.5 Å². The lowest BCUT2D eigenvalue weighted by molar-refractivity contribution is -0.202. The minimum absolute atomic E-state index is 0.113. The molecule has 1 fully saturated rings. The van der Waals surface area contributed by atoms with Crippen LogP contribution in [0.4, 0.5) is 0 Å². The Hall–Kier alpha value is -2.91. The molecule has 214 valence electrons. The van der Waals surface area contributed by atoms with Gasteiger partial charge in [-0.2, -0.15) is 0 Å². The van der Waals surface area contributed by atoms with Gasteiger partial charge < -0.3 is 24.1 Å². The summed E-state index contributed by atoms with van der Waals surface area (Å²) in [5.74, 6) is 0.962. The Labute approximate surface area is 237 Å². The highest BCUT2D eigenvalue weighted by Gasteiger charge is 2.50. The zero-order valence-corrected chi connectivity index (χ0v) is 24.2. The first-order valence-corrected chi connectivity index (χ1v) is 15.9. The van der Waals surface area contributed by atoms with Crippen LogP contribution in [0.25, 0.3) is 11.1 Å². The molecule has 1 aliphatic heterocycles. The molecular formula is C32H38O7S. The molecule has 0 aromatic heterocycles. The molecule has 3 aromatic rings. The second kappa shape index (κ2) is 11.9. The fourth-order valence-corrected chi connectivity index (χ4v) is 6.09. The smallest absolute Gasteiger partial charge is 0.165 e. The Morgan fingerprint density at radius 1 is 0.950 bits per heavy atom. The lowest BCUT2D eigenvalue weighted by Gasteiger charge is -2.23. The standard InChI is InChI=1S/C32H38O7S/c1-4-39-32(2,33)31-18-30(31)23-8-10-26(11-9-23)38-19-22-6-7-24-20-36-21-25-17-27(12-13-28(25)29(24)16-22)37-14-5-15-40(3,34)35/h6-13,16-17,30-31,33H,4-5,14-15,18-21H2,1-3H3/t30-,31+,32?/m1/s1. The Bertz CT molecular complexity index is 1430.